The topological polar surface area (TPSA) is 57.6 Å². The molecule has 4 nitrogen and oxygen atoms in total. The minimum Gasteiger partial charge on any atom is -0.481 e. The van der Waals surface area contributed by atoms with Gasteiger partial charge in [0, 0.05) is 18.5 Å². The van der Waals surface area contributed by atoms with Crippen molar-refractivity contribution in [1.29, 1.82) is 0 Å². The largest absolute Gasteiger partial charge is 0.481 e. The van der Waals surface area contributed by atoms with Crippen LogP contribution in [0.1, 0.15) is 64.7 Å². The first kappa shape index (κ1) is 15.8. The molecule has 1 amide bonds. The molecular formula is C18H29NO3. The van der Waals surface area contributed by atoms with Crippen molar-refractivity contribution in [3.8, 4) is 0 Å². The molecule has 5 unspecified atom stereocenters. The van der Waals surface area contributed by atoms with Crippen LogP contribution < -0.4 is 0 Å². The SMILES string of the molecule is CC1CCC(C(=O)O)CN1C(=O)C1CCCC2CCCCC21. The minimum absolute atomic E-state index is 0.161. The highest BCUT2D eigenvalue weighted by molar-refractivity contribution is 5.81. The predicted octanol–water partition coefficient (Wildman–Crippen LogP) is 3.30. The van der Waals surface area contributed by atoms with Crippen molar-refractivity contribution in [2.75, 3.05) is 6.54 Å². The first-order valence-electron chi connectivity index (χ1n) is 9.11. The van der Waals surface area contributed by atoms with Crippen LogP contribution in [0.5, 0.6) is 0 Å². The van der Waals surface area contributed by atoms with Gasteiger partial charge in [-0.3, -0.25) is 9.59 Å². The van der Waals surface area contributed by atoms with E-state index < -0.39 is 5.97 Å². The van der Waals surface area contributed by atoms with E-state index in [0.29, 0.717) is 18.9 Å². The molecule has 124 valence electrons. The number of carbonyl (C=O) groups is 2. The summed E-state index contributed by atoms with van der Waals surface area (Å²) < 4.78 is 0. The average Bonchev–Trinajstić information content (AvgIpc) is 2.54. The summed E-state index contributed by atoms with van der Waals surface area (Å²) in [5.74, 6) is 0.609. The Balaban J connectivity index is 1.72. The number of nitrogens with zero attached hydrogens (tertiary/aromatic N) is 1. The van der Waals surface area contributed by atoms with Crippen molar-refractivity contribution in [2.24, 2.45) is 23.7 Å². The number of hydrogen-bond acceptors (Lipinski definition) is 2. The fraction of sp³-hybridized carbons (Fsp3) is 0.889. The predicted molar refractivity (Wildman–Crippen MR) is 84.3 cm³/mol. The molecule has 3 aliphatic rings. The van der Waals surface area contributed by atoms with Crippen molar-refractivity contribution in [1.82, 2.24) is 4.90 Å². The fourth-order valence-corrected chi connectivity index (χ4v) is 5.07. The Morgan fingerprint density at radius 1 is 0.955 bits per heavy atom. The van der Waals surface area contributed by atoms with Crippen molar-refractivity contribution in [2.45, 2.75) is 70.8 Å². The summed E-state index contributed by atoms with van der Waals surface area (Å²) in [6.07, 6.45) is 10.1. The van der Waals surface area contributed by atoms with E-state index in [4.69, 9.17) is 0 Å². The van der Waals surface area contributed by atoms with Gasteiger partial charge in [0.25, 0.3) is 0 Å². The Morgan fingerprint density at radius 2 is 1.68 bits per heavy atom. The van der Waals surface area contributed by atoms with Crippen LogP contribution in [0.2, 0.25) is 0 Å². The maximum Gasteiger partial charge on any atom is 0.308 e. The van der Waals surface area contributed by atoms with E-state index >= 15 is 0 Å². The van der Waals surface area contributed by atoms with Gasteiger partial charge < -0.3 is 10.0 Å². The normalized spacial score (nSPS) is 39.1. The second-order valence-corrected chi connectivity index (χ2v) is 7.70. The van der Waals surface area contributed by atoms with Crippen LogP contribution in [0.4, 0.5) is 0 Å². The van der Waals surface area contributed by atoms with Gasteiger partial charge in [-0.25, -0.2) is 0 Å². The highest BCUT2D eigenvalue weighted by Gasteiger charge is 2.42. The third kappa shape index (κ3) is 3.02. The highest BCUT2D eigenvalue weighted by atomic mass is 16.4. The Hall–Kier alpha value is -1.06. The summed E-state index contributed by atoms with van der Waals surface area (Å²) in [5.41, 5.74) is 0. The summed E-state index contributed by atoms with van der Waals surface area (Å²) in [4.78, 5) is 26.3. The molecule has 3 fully saturated rings. The van der Waals surface area contributed by atoms with Gasteiger partial charge in [0.15, 0.2) is 0 Å². The summed E-state index contributed by atoms with van der Waals surface area (Å²) in [5, 5.41) is 9.28. The van der Waals surface area contributed by atoms with Gasteiger partial charge in [-0.15, -0.1) is 0 Å². The number of rotatable bonds is 2. The standard InChI is InChI=1S/C18H29NO3/c1-12-9-10-14(18(21)22)11-19(12)17(20)16-8-4-6-13-5-2-3-7-15(13)16/h12-16H,2-11H2,1H3,(H,21,22). The monoisotopic (exact) mass is 307 g/mol. The number of fused-ring (bicyclic) bond motifs is 1. The van der Waals surface area contributed by atoms with Crippen LogP contribution >= 0.6 is 0 Å². The third-order valence-electron chi connectivity index (χ3n) is 6.41. The van der Waals surface area contributed by atoms with Gasteiger partial charge in [0.05, 0.1) is 5.92 Å². The Labute approximate surface area is 133 Å². The molecule has 0 spiro atoms. The van der Waals surface area contributed by atoms with Crippen molar-refractivity contribution in [3.63, 3.8) is 0 Å². The number of hydrogen-bond donors (Lipinski definition) is 1. The summed E-state index contributed by atoms with van der Waals surface area (Å²) in [6.45, 7) is 2.50. The maximum atomic E-state index is 13.1. The summed E-state index contributed by atoms with van der Waals surface area (Å²) >= 11 is 0. The zero-order valence-corrected chi connectivity index (χ0v) is 13.7. The molecular weight excluding hydrogens is 278 g/mol. The average molecular weight is 307 g/mol. The van der Waals surface area contributed by atoms with Gasteiger partial charge >= 0.3 is 5.97 Å². The van der Waals surface area contributed by atoms with Crippen LogP contribution in [-0.2, 0) is 9.59 Å². The van der Waals surface area contributed by atoms with Gasteiger partial charge in [-0.05, 0) is 44.4 Å². The number of aliphatic carboxylic acids is 1. The van der Waals surface area contributed by atoms with Crippen LogP contribution in [-0.4, -0.2) is 34.5 Å². The van der Waals surface area contributed by atoms with Crippen molar-refractivity contribution in [3.05, 3.63) is 0 Å². The van der Waals surface area contributed by atoms with Crippen molar-refractivity contribution < 1.29 is 14.7 Å². The van der Waals surface area contributed by atoms with E-state index in [-0.39, 0.29) is 23.8 Å². The molecule has 2 saturated carbocycles. The number of amides is 1. The zero-order valence-electron chi connectivity index (χ0n) is 13.7. The number of carboxylic acid groups (broad SMARTS) is 1. The molecule has 5 atom stereocenters. The first-order chi connectivity index (χ1) is 10.6. The van der Waals surface area contributed by atoms with E-state index in [0.717, 1.165) is 18.8 Å². The Kier molecular flexibility index (Phi) is 4.74. The van der Waals surface area contributed by atoms with Gasteiger partial charge in [-0.1, -0.05) is 32.1 Å². The van der Waals surface area contributed by atoms with E-state index in [1.165, 1.54) is 38.5 Å². The second kappa shape index (κ2) is 6.59. The number of likely N-dealkylation sites (tertiary alicyclic amines) is 1. The van der Waals surface area contributed by atoms with E-state index in [1.807, 2.05) is 4.90 Å². The molecule has 4 heteroatoms. The minimum atomic E-state index is -0.746. The summed E-state index contributed by atoms with van der Waals surface area (Å²) in [7, 11) is 0. The lowest BCUT2D eigenvalue weighted by atomic mass is 9.65. The zero-order chi connectivity index (χ0) is 15.7. The second-order valence-electron chi connectivity index (χ2n) is 7.70. The molecule has 1 aliphatic heterocycles. The van der Waals surface area contributed by atoms with E-state index in [9.17, 15) is 14.7 Å². The van der Waals surface area contributed by atoms with Crippen LogP contribution in [0, 0.1) is 23.7 Å². The number of carbonyl (C=O) groups excluding carboxylic acids is 1. The van der Waals surface area contributed by atoms with Gasteiger partial charge in [-0.2, -0.15) is 0 Å². The molecule has 0 aromatic rings. The first-order valence-corrected chi connectivity index (χ1v) is 9.11. The Morgan fingerprint density at radius 3 is 2.45 bits per heavy atom. The lowest BCUT2D eigenvalue weighted by molar-refractivity contribution is -0.151. The van der Waals surface area contributed by atoms with Gasteiger partial charge in [0.1, 0.15) is 0 Å². The van der Waals surface area contributed by atoms with E-state index in [1.54, 1.807) is 0 Å². The molecule has 1 heterocycles. The Bertz CT molecular complexity index is 434. The van der Waals surface area contributed by atoms with Gasteiger partial charge in [0.2, 0.25) is 5.91 Å². The third-order valence-corrected chi connectivity index (χ3v) is 6.41. The quantitative estimate of drug-likeness (QED) is 0.851. The molecule has 0 aromatic heterocycles. The molecule has 0 aromatic carbocycles. The maximum absolute atomic E-state index is 13.1. The molecule has 0 bridgehead atoms. The van der Waals surface area contributed by atoms with Crippen LogP contribution in [0.3, 0.4) is 0 Å². The molecule has 3 rings (SSSR count). The number of carboxylic acids is 1. The molecule has 2 aliphatic carbocycles. The lowest BCUT2D eigenvalue weighted by Crippen LogP contribution is -2.52. The van der Waals surface area contributed by atoms with E-state index in [2.05, 4.69) is 6.92 Å². The lowest BCUT2D eigenvalue weighted by Gasteiger charge is -2.45. The highest BCUT2D eigenvalue weighted by Crippen LogP contribution is 2.45. The molecule has 1 saturated heterocycles. The smallest absolute Gasteiger partial charge is 0.308 e. The number of piperidine rings is 1. The molecule has 22 heavy (non-hydrogen) atoms. The van der Waals surface area contributed by atoms with Crippen molar-refractivity contribution >= 4 is 11.9 Å². The summed E-state index contributed by atoms with van der Waals surface area (Å²) in [6, 6.07) is 0.201. The molecule has 1 N–H and O–H groups in total. The van der Waals surface area contributed by atoms with Crippen LogP contribution in [0.25, 0.3) is 0 Å². The fourth-order valence-electron chi connectivity index (χ4n) is 5.07. The molecule has 0 radical (unpaired) electrons. The van der Waals surface area contributed by atoms with Crippen LogP contribution in [0.15, 0.2) is 0 Å².